The number of anilines is 1. The number of primary amides is 1. The molecule has 0 saturated carbocycles. The van der Waals surface area contributed by atoms with E-state index in [0.717, 1.165) is 27.8 Å². The van der Waals surface area contributed by atoms with E-state index in [-0.39, 0.29) is 12.3 Å². The number of hydrogen-bond donors (Lipinski definition) is 2. The third-order valence-corrected chi connectivity index (χ3v) is 6.09. The fraction of sp³-hybridized carbons (Fsp3) is 0.192. The number of aromatic nitrogens is 1. The molecular formula is C26H25N3O5S. The number of nitrogens with one attached hydrogen (secondary N) is 1. The summed E-state index contributed by atoms with van der Waals surface area (Å²) in [6, 6.07) is 11.6. The summed E-state index contributed by atoms with van der Waals surface area (Å²) in [5.41, 5.74) is 9.77. The van der Waals surface area contributed by atoms with E-state index in [1.165, 1.54) is 17.4 Å². The maximum atomic E-state index is 12.6. The van der Waals surface area contributed by atoms with Gasteiger partial charge in [0, 0.05) is 34.0 Å². The lowest BCUT2D eigenvalue weighted by Gasteiger charge is -2.10. The van der Waals surface area contributed by atoms with Gasteiger partial charge in [0.25, 0.3) is 0 Å². The van der Waals surface area contributed by atoms with Gasteiger partial charge in [0.15, 0.2) is 5.13 Å². The summed E-state index contributed by atoms with van der Waals surface area (Å²) in [5.74, 6) is 0.571. The molecule has 0 bridgehead atoms. The van der Waals surface area contributed by atoms with Gasteiger partial charge in [-0.05, 0) is 43.2 Å². The summed E-state index contributed by atoms with van der Waals surface area (Å²) in [6.07, 6.45) is 3.22. The summed E-state index contributed by atoms with van der Waals surface area (Å²) >= 11 is 1.23. The highest BCUT2D eigenvalue weighted by Gasteiger charge is 2.15. The number of nitrogens with two attached hydrogens (primary N) is 1. The van der Waals surface area contributed by atoms with E-state index in [1.54, 1.807) is 18.8 Å². The van der Waals surface area contributed by atoms with Gasteiger partial charge in [-0.15, -0.1) is 11.3 Å². The lowest BCUT2D eigenvalue weighted by atomic mass is 9.99. The summed E-state index contributed by atoms with van der Waals surface area (Å²) in [4.78, 5) is 27.9. The number of fused-ring (bicyclic) bond motifs is 1. The Kier molecular flexibility index (Phi) is 7.17. The normalized spacial score (nSPS) is 11.5. The largest absolute Gasteiger partial charge is 0.496 e. The highest BCUT2D eigenvalue weighted by molar-refractivity contribution is 7.14. The SMILES string of the molecule is CCOc1ccc(-c2coc3cc(OC)c(/C(C)=C/C(=O)Nc4nc(CC(N)=O)cs4)cc23)cc1. The van der Waals surface area contributed by atoms with Crippen LogP contribution >= 0.6 is 11.3 Å². The van der Waals surface area contributed by atoms with Crippen molar-refractivity contribution in [1.29, 1.82) is 0 Å². The smallest absolute Gasteiger partial charge is 0.250 e. The Morgan fingerprint density at radius 1 is 1.23 bits per heavy atom. The number of carbonyl (C=O) groups excluding carboxylic acids is 2. The Bertz CT molecular complexity index is 1400. The lowest BCUT2D eigenvalue weighted by molar-refractivity contribution is -0.117. The number of rotatable bonds is 9. The highest BCUT2D eigenvalue weighted by atomic mass is 32.1. The van der Waals surface area contributed by atoms with Gasteiger partial charge in [-0.1, -0.05) is 12.1 Å². The van der Waals surface area contributed by atoms with Crippen LogP contribution in [0.1, 0.15) is 25.1 Å². The molecule has 4 rings (SSSR count). The monoisotopic (exact) mass is 491 g/mol. The first-order valence-electron chi connectivity index (χ1n) is 10.9. The second-order valence-electron chi connectivity index (χ2n) is 7.76. The predicted molar refractivity (Wildman–Crippen MR) is 137 cm³/mol. The van der Waals surface area contributed by atoms with Gasteiger partial charge in [0.1, 0.15) is 17.1 Å². The van der Waals surface area contributed by atoms with Crippen molar-refractivity contribution in [2.24, 2.45) is 5.73 Å². The van der Waals surface area contributed by atoms with Crippen LogP contribution in [-0.4, -0.2) is 30.5 Å². The maximum absolute atomic E-state index is 12.6. The summed E-state index contributed by atoms with van der Waals surface area (Å²) in [5, 5.41) is 5.71. The van der Waals surface area contributed by atoms with Gasteiger partial charge in [-0.25, -0.2) is 4.98 Å². The van der Waals surface area contributed by atoms with Crippen LogP contribution in [0.3, 0.4) is 0 Å². The first-order chi connectivity index (χ1) is 16.9. The van der Waals surface area contributed by atoms with Crippen molar-refractivity contribution < 1.29 is 23.5 Å². The minimum absolute atomic E-state index is 0.0276. The predicted octanol–water partition coefficient (Wildman–Crippen LogP) is 5.03. The van der Waals surface area contributed by atoms with Crippen molar-refractivity contribution in [1.82, 2.24) is 4.98 Å². The Morgan fingerprint density at radius 2 is 2.00 bits per heavy atom. The molecule has 0 atom stereocenters. The number of allylic oxidation sites excluding steroid dienone is 1. The average Bonchev–Trinajstić information content (AvgIpc) is 3.44. The van der Waals surface area contributed by atoms with E-state index in [2.05, 4.69) is 10.3 Å². The molecule has 35 heavy (non-hydrogen) atoms. The van der Waals surface area contributed by atoms with E-state index in [9.17, 15) is 9.59 Å². The van der Waals surface area contributed by atoms with E-state index >= 15 is 0 Å². The van der Waals surface area contributed by atoms with Crippen molar-refractivity contribution in [3.8, 4) is 22.6 Å². The molecule has 0 unspecified atom stereocenters. The third kappa shape index (κ3) is 5.52. The van der Waals surface area contributed by atoms with Crippen LogP contribution in [0.15, 0.2) is 58.5 Å². The molecule has 2 amide bonds. The third-order valence-electron chi connectivity index (χ3n) is 5.28. The number of benzene rings is 2. The Labute approximate surface area is 206 Å². The minimum Gasteiger partial charge on any atom is -0.496 e. The van der Waals surface area contributed by atoms with Gasteiger partial charge in [-0.3, -0.25) is 14.9 Å². The maximum Gasteiger partial charge on any atom is 0.250 e. The number of methoxy groups -OCH3 is 1. The van der Waals surface area contributed by atoms with Crippen LogP contribution in [0.4, 0.5) is 5.13 Å². The Morgan fingerprint density at radius 3 is 2.69 bits per heavy atom. The van der Waals surface area contributed by atoms with Crippen LogP contribution < -0.4 is 20.5 Å². The van der Waals surface area contributed by atoms with Crippen molar-refractivity contribution in [2.45, 2.75) is 20.3 Å². The Balaban J connectivity index is 1.62. The van der Waals surface area contributed by atoms with Gasteiger partial charge < -0.3 is 19.6 Å². The molecule has 2 heterocycles. The lowest BCUT2D eigenvalue weighted by Crippen LogP contribution is -2.14. The van der Waals surface area contributed by atoms with Crippen LogP contribution in [0.5, 0.6) is 11.5 Å². The number of nitrogens with zero attached hydrogens (tertiary/aromatic N) is 1. The van der Waals surface area contributed by atoms with Crippen molar-refractivity contribution >= 4 is 44.8 Å². The molecule has 3 N–H and O–H groups in total. The zero-order valence-electron chi connectivity index (χ0n) is 19.6. The van der Waals surface area contributed by atoms with Crippen molar-refractivity contribution in [2.75, 3.05) is 19.0 Å². The van der Waals surface area contributed by atoms with Crippen molar-refractivity contribution in [3.05, 3.63) is 65.4 Å². The summed E-state index contributed by atoms with van der Waals surface area (Å²) < 4.78 is 16.9. The van der Waals surface area contributed by atoms with E-state index in [1.807, 2.05) is 50.2 Å². The molecule has 2 aromatic carbocycles. The number of carbonyl (C=O) groups is 2. The zero-order valence-corrected chi connectivity index (χ0v) is 20.4. The molecule has 0 spiro atoms. The fourth-order valence-electron chi connectivity index (χ4n) is 3.69. The molecule has 0 aliphatic heterocycles. The van der Waals surface area contributed by atoms with E-state index in [0.29, 0.717) is 34.3 Å². The number of ether oxygens (including phenoxy) is 2. The molecule has 180 valence electrons. The average molecular weight is 492 g/mol. The minimum atomic E-state index is -0.477. The standard InChI is InChI=1S/C26H25N3O5S/c1-4-33-18-7-5-16(6-8-18)21-13-34-23-12-22(32-3)19(11-20(21)23)15(2)9-25(31)29-26-28-17(14-35-26)10-24(27)30/h5-9,11-14H,4,10H2,1-3H3,(H2,27,30)(H,28,29,31)/b15-9+. The first-order valence-corrected chi connectivity index (χ1v) is 11.8. The molecule has 0 aliphatic carbocycles. The van der Waals surface area contributed by atoms with Crippen LogP contribution in [-0.2, 0) is 16.0 Å². The number of furan rings is 1. The fourth-order valence-corrected chi connectivity index (χ4v) is 4.41. The van der Waals surface area contributed by atoms with Gasteiger partial charge in [0.2, 0.25) is 11.8 Å². The molecule has 0 aliphatic rings. The second kappa shape index (κ2) is 10.4. The highest BCUT2D eigenvalue weighted by Crippen LogP contribution is 2.37. The summed E-state index contributed by atoms with van der Waals surface area (Å²) in [6.45, 7) is 4.38. The number of amides is 2. The van der Waals surface area contributed by atoms with Crippen molar-refractivity contribution in [3.63, 3.8) is 0 Å². The van der Waals surface area contributed by atoms with Crippen LogP contribution in [0.2, 0.25) is 0 Å². The molecule has 9 heteroatoms. The molecule has 0 saturated heterocycles. The quantitative estimate of drug-likeness (QED) is 0.317. The van der Waals surface area contributed by atoms with Crippen LogP contribution in [0.25, 0.3) is 27.7 Å². The summed E-state index contributed by atoms with van der Waals surface area (Å²) in [7, 11) is 1.57. The van der Waals surface area contributed by atoms with E-state index in [4.69, 9.17) is 19.6 Å². The van der Waals surface area contributed by atoms with Gasteiger partial charge in [0.05, 0.1) is 32.1 Å². The number of thiazole rings is 1. The molecule has 8 nitrogen and oxygen atoms in total. The zero-order chi connectivity index (χ0) is 24.9. The molecule has 2 aromatic heterocycles. The van der Waals surface area contributed by atoms with E-state index < -0.39 is 5.91 Å². The van der Waals surface area contributed by atoms with Gasteiger partial charge in [-0.2, -0.15) is 0 Å². The second-order valence-corrected chi connectivity index (χ2v) is 8.62. The van der Waals surface area contributed by atoms with Gasteiger partial charge >= 0.3 is 0 Å². The number of hydrogen-bond acceptors (Lipinski definition) is 7. The topological polar surface area (TPSA) is 117 Å². The molecular weight excluding hydrogens is 466 g/mol. The first kappa shape index (κ1) is 24.0. The Hall–Kier alpha value is -4.11. The van der Waals surface area contributed by atoms with Crippen LogP contribution in [0, 0.1) is 0 Å². The molecule has 4 aromatic rings. The molecule has 0 fully saturated rings. The molecule has 0 radical (unpaired) electrons.